The predicted octanol–water partition coefficient (Wildman–Crippen LogP) is 2.91. The molecule has 1 aromatic rings. The van der Waals surface area contributed by atoms with Crippen LogP contribution >= 0.6 is 24.8 Å². The number of carbonyl (C=O) groups is 1. The minimum Gasteiger partial charge on any atom is -0.384 e. The highest BCUT2D eigenvalue weighted by atomic mass is 35.5. The van der Waals surface area contributed by atoms with Crippen LogP contribution < -0.4 is 15.5 Å². The van der Waals surface area contributed by atoms with Gasteiger partial charge in [-0.05, 0) is 51.4 Å². The average Bonchev–Trinajstić information content (AvgIpc) is 2.65. The van der Waals surface area contributed by atoms with Crippen LogP contribution in [0, 0.1) is 5.41 Å². The zero-order valence-electron chi connectivity index (χ0n) is 16.6. The monoisotopic (exact) mass is 420 g/mol. The number of pyridine rings is 1. The first-order valence-corrected chi connectivity index (χ1v) is 9.33. The lowest BCUT2D eigenvalue weighted by Gasteiger charge is -2.37. The Hall–Kier alpha value is -1.08. The maximum atomic E-state index is 12.5. The normalized spacial score (nSPS) is 15.2. The number of hydrogen-bond acceptors (Lipinski definition) is 5. The van der Waals surface area contributed by atoms with Crippen LogP contribution in [0.3, 0.4) is 0 Å². The first-order chi connectivity index (χ1) is 12.1. The molecule has 6 nitrogen and oxygen atoms in total. The van der Waals surface area contributed by atoms with Gasteiger partial charge in [0, 0.05) is 38.4 Å². The Morgan fingerprint density at radius 3 is 2.52 bits per heavy atom. The number of halogens is 2. The summed E-state index contributed by atoms with van der Waals surface area (Å²) in [4.78, 5) is 19.2. The highest BCUT2D eigenvalue weighted by Gasteiger charge is 2.32. The molecule has 1 fully saturated rings. The summed E-state index contributed by atoms with van der Waals surface area (Å²) in [6, 6.07) is 3.80. The first kappa shape index (κ1) is 25.9. The summed E-state index contributed by atoms with van der Waals surface area (Å²) >= 11 is 0. The highest BCUT2D eigenvalue weighted by molar-refractivity contribution is 5.94. The molecule has 0 aliphatic carbocycles. The fraction of sp³-hybridized carbons (Fsp3) is 0.684. The Morgan fingerprint density at radius 2 is 2.00 bits per heavy atom. The minimum absolute atomic E-state index is 0. The molecule has 0 saturated carbocycles. The van der Waals surface area contributed by atoms with Crippen LogP contribution in [-0.2, 0) is 4.74 Å². The summed E-state index contributed by atoms with van der Waals surface area (Å²) in [5, 5.41) is 6.45. The lowest BCUT2D eigenvalue weighted by atomic mass is 9.79. The van der Waals surface area contributed by atoms with Crippen LogP contribution in [0.2, 0.25) is 0 Å². The van der Waals surface area contributed by atoms with E-state index in [1.807, 2.05) is 12.1 Å². The van der Waals surface area contributed by atoms with E-state index in [0.717, 1.165) is 51.3 Å². The molecule has 1 aliphatic heterocycles. The van der Waals surface area contributed by atoms with Gasteiger partial charge in [0.25, 0.3) is 5.91 Å². The summed E-state index contributed by atoms with van der Waals surface area (Å²) in [5.74, 6) is 0.863. The molecule has 2 heterocycles. The topological polar surface area (TPSA) is 66.5 Å². The van der Waals surface area contributed by atoms with Crippen molar-refractivity contribution in [3.8, 4) is 0 Å². The maximum absolute atomic E-state index is 12.5. The molecule has 0 bridgehead atoms. The average molecular weight is 421 g/mol. The summed E-state index contributed by atoms with van der Waals surface area (Å²) < 4.78 is 5.40. The van der Waals surface area contributed by atoms with Gasteiger partial charge in [0.15, 0.2) is 0 Å². The molecule has 2 N–H and O–H groups in total. The summed E-state index contributed by atoms with van der Waals surface area (Å²) in [7, 11) is 1.73. The summed E-state index contributed by atoms with van der Waals surface area (Å²) in [5.41, 5.74) is 0.640. The van der Waals surface area contributed by atoms with Crippen molar-refractivity contribution in [3.63, 3.8) is 0 Å². The van der Waals surface area contributed by atoms with Crippen LogP contribution in [0.15, 0.2) is 18.3 Å². The van der Waals surface area contributed by atoms with E-state index in [-0.39, 0.29) is 36.1 Å². The van der Waals surface area contributed by atoms with Gasteiger partial charge in [-0.25, -0.2) is 4.98 Å². The van der Waals surface area contributed by atoms with Crippen LogP contribution in [-0.4, -0.2) is 57.3 Å². The number of piperidine rings is 1. The number of methoxy groups -OCH3 is 1. The number of nitrogens with zero attached hydrogens (tertiary/aromatic N) is 2. The van der Waals surface area contributed by atoms with E-state index in [0.29, 0.717) is 18.7 Å². The Balaban J connectivity index is 0.00000338. The Bertz CT molecular complexity index is 532. The van der Waals surface area contributed by atoms with Crippen molar-refractivity contribution >= 4 is 36.5 Å². The van der Waals surface area contributed by atoms with Crippen LogP contribution in [0.1, 0.15) is 43.5 Å². The Labute approximate surface area is 175 Å². The van der Waals surface area contributed by atoms with Crippen molar-refractivity contribution in [3.05, 3.63) is 23.9 Å². The smallest absolute Gasteiger partial charge is 0.252 e. The van der Waals surface area contributed by atoms with Crippen molar-refractivity contribution in [1.82, 2.24) is 15.6 Å². The fourth-order valence-corrected chi connectivity index (χ4v) is 3.42. The number of hydrogen-bond donors (Lipinski definition) is 2. The van der Waals surface area contributed by atoms with Gasteiger partial charge >= 0.3 is 0 Å². The number of carbonyl (C=O) groups excluding carboxylic acids is 1. The van der Waals surface area contributed by atoms with E-state index in [4.69, 9.17) is 4.74 Å². The van der Waals surface area contributed by atoms with Crippen molar-refractivity contribution in [2.45, 2.75) is 33.1 Å². The largest absolute Gasteiger partial charge is 0.384 e. The molecule has 27 heavy (non-hydrogen) atoms. The third kappa shape index (κ3) is 7.45. The second kappa shape index (κ2) is 13.2. The number of rotatable bonds is 9. The molecule has 0 radical (unpaired) electrons. The van der Waals surface area contributed by atoms with Crippen LogP contribution in [0.25, 0.3) is 0 Å². The summed E-state index contributed by atoms with van der Waals surface area (Å²) in [6.07, 6.45) is 4.78. The van der Waals surface area contributed by atoms with Gasteiger partial charge in [0.1, 0.15) is 5.82 Å². The quantitative estimate of drug-likeness (QED) is 0.642. The van der Waals surface area contributed by atoms with Gasteiger partial charge < -0.3 is 20.3 Å². The molecule has 1 saturated heterocycles. The van der Waals surface area contributed by atoms with Crippen molar-refractivity contribution in [2.24, 2.45) is 5.41 Å². The van der Waals surface area contributed by atoms with E-state index >= 15 is 0 Å². The first-order valence-electron chi connectivity index (χ1n) is 9.33. The molecular formula is C19H34Cl2N4O2. The second-order valence-electron chi connectivity index (χ2n) is 6.85. The van der Waals surface area contributed by atoms with Crippen molar-refractivity contribution in [1.29, 1.82) is 0 Å². The molecular weight excluding hydrogens is 387 g/mol. The van der Waals surface area contributed by atoms with E-state index in [9.17, 15) is 4.79 Å². The maximum Gasteiger partial charge on any atom is 0.252 e. The molecule has 8 heteroatoms. The van der Waals surface area contributed by atoms with E-state index in [1.165, 1.54) is 0 Å². The van der Waals surface area contributed by atoms with Gasteiger partial charge in [0.2, 0.25) is 0 Å². The zero-order valence-corrected chi connectivity index (χ0v) is 18.3. The number of aromatic nitrogens is 1. The Morgan fingerprint density at radius 1 is 1.30 bits per heavy atom. The molecule has 0 spiro atoms. The van der Waals surface area contributed by atoms with Gasteiger partial charge in [-0.15, -0.1) is 24.8 Å². The SMILES string of the molecule is CCCN(CC)c1ccc(C(=O)NCC2(COC)CCNCC2)cn1.Cl.Cl. The molecule has 2 rings (SSSR count). The van der Waals surface area contributed by atoms with Gasteiger partial charge in [-0.2, -0.15) is 0 Å². The van der Waals surface area contributed by atoms with E-state index < -0.39 is 0 Å². The molecule has 0 unspecified atom stereocenters. The standard InChI is InChI=1S/C19H32N4O2.2ClH/c1-4-12-23(5-2)17-7-6-16(13-21-17)18(24)22-14-19(15-25-3)8-10-20-11-9-19;;/h6-7,13,20H,4-5,8-12,14-15H2,1-3H3,(H,22,24);2*1H. The molecule has 1 amide bonds. The van der Waals surface area contributed by atoms with Crippen LogP contribution in [0.5, 0.6) is 0 Å². The Kier molecular flexibility index (Phi) is 12.6. The van der Waals surface area contributed by atoms with Crippen molar-refractivity contribution < 1.29 is 9.53 Å². The third-order valence-corrected chi connectivity index (χ3v) is 4.95. The fourth-order valence-electron chi connectivity index (χ4n) is 3.42. The molecule has 1 aromatic heterocycles. The van der Waals surface area contributed by atoms with Gasteiger partial charge in [-0.3, -0.25) is 4.79 Å². The number of ether oxygens (including phenoxy) is 1. The lowest BCUT2D eigenvalue weighted by Crippen LogP contribution is -2.47. The number of nitrogens with one attached hydrogen (secondary N) is 2. The molecule has 0 aromatic carbocycles. The van der Waals surface area contributed by atoms with Gasteiger partial charge in [0.05, 0.1) is 12.2 Å². The zero-order chi connectivity index (χ0) is 18.1. The third-order valence-electron chi connectivity index (χ3n) is 4.95. The van der Waals surface area contributed by atoms with Gasteiger partial charge in [-0.1, -0.05) is 6.92 Å². The molecule has 1 aliphatic rings. The lowest BCUT2D eigenvalue weighted by molar-refractivity contribution is 0.0511. The molecule has 0 atom stereocenters. The summed E-state index contributed by atoms with van der Waals surface area (Å²) in [6.45, 7) is 9.42. The number of amides is 1. The highest BCUT2D eigenvalue weighted by Crippen LogP contribution is 2.28. The number of anilines is 1. The van der Waals surface area contributed by atoms with E-state index in [1.54, 1.807) is 13.3 Å². The van der Waals surface area contributed by atoms with Crippen molar-refractivity contribution in [2.75, 3.05) is 51.3 Å². The molecule has 156 valence electrons. The van der Waals surface area contributed by atoms with Crippen LogP contribution in [0.4, 0.5) is 5.82 Å². The second-order valence-corrected chi connectivity index (χ2v) is 6.85. The van der Waals surface area contributed by atoms with E-state index in [2.05, 4.69) is 34.4 Å². The minimum atomic E-state index is -0.0633. The predicted molar refractivity (Wildman–Crippen MR) is 116 cm³/mol.